The summed E-state index contributed by atoms with van der Waals surface area (Å²) in [6, 6.07) is 5.48. The van der Waals surface area contributed by atoms with Crippen LogP contribution >= 0.6 is 11.3 Å². The fraction of sp³-hybridized carbons (Fsp3) is 0.400. The van der Waals surface area contributed by atoms with Gasteiger partial charge in [-0.1, -0.05) is 6.07 Å². The molecule has 1 N–H and O–H groups in total. The standard InChI is InChI=1S/C20H23N5O4S/c1-24-14(5-7-23-24)20(27)25-9-11-29-15(12-25)16-13-4-3-6-22-19(13)30-17(16)18(26)21-8-10-28-2/h3-7,15H,8-12H2,1-2H3,(H,21,26)/t15-/m1/s1. The zero-order valence-corrected chi connectivity index (χ0v) is 17.6. The molecule has 10 heteroatoms. The van der Waals surface area contributed by atoms with E-state index in [1.165, 1.54) is 11.3 Å². The number of nitrogens with one attached hydrogen (secondary N) is 1. The molecule has 4 heterocycles. The van der Waals surface area contributed by atoms with Crippen LogP contribution in [0.25, 0.3) is 10.2 Å². The molecule has 1 fully saturated rings. The number of hydrogen-bond acceptors (Lipinski definition) is 7. The Bertz CT molecular complexity index is 1060. The number of hydrogen-bond donors (Lipinski definition) is 1. The third-order valence-corrected chi connectivity index (χ3v) is 6.15. The van der Waals surface area contributed by atoms with Gasteiger partial charge in [0.25, 0.3) is 11.8 Å². The van der Waals surface area contributed by atoms with Crippen LogP contribution in [0.15, 0.2) is 30.6 Å². The molecule has 4 rings (SSSR count). The SMILES string of the molecule is COCCNC(=O)c1sc2ncccc2c1[C@H]1CN(C(=O)c2ccnn2C)CCO1. The van der Waals surface area contributed by atoms with E-state index in [2.05, 4.69) is 15.4 Å². The molecule has 9 nitrogen and oxygen atoms in total. The first-order valence-corrected chi connectivity index (χ1v) is 10.4. The number of aromatic nitrogens is 3. The van der Waals surface area contributed by atoms with Crippen molar-refractivity contribution in [3.05, 3.63) is 46.7 Å². The van der Waals surface area contributed by atoms with Crippen LogP contribution in [0.4, 0.5) is 0 Å². The van der Waals surface area contributed by atoms with Crippen LogP contribution in [0.5, 0.6) is 0 Å². The number of amides is 2. The van der Waals surface area contributed by atoms with Gasteiger partial charge in [0.2, 0.25) is 0 Å². The molecule has 1 atom stereocenters. The third-order valence-electron chi connectivity index (χ3n) is 5.02. The number of rotatable bonds is 6. The van der Waals surface area contributed by atoms with Crippen molar-refractivity contribution in [1.29, 1.82) is 0 Å². The van der Waals surface area contributed by atoms with Crippen LogP contribution in [-0.4, -0.2) is 71.4 Å². The summed E-state index contributed by atoms with van der Waals surface area (Å²) in [4.78, 5) is 33.3. The smallest absolute Gasteiger partial charge is 0.272 e. The van der Waals surface area contributed by atoms with Gasteiger partial charge < -0.3 is 19.7 Å². The first-order chi connectivity index (χ1) is 14.6. The zero-order chi connectivity index (χ0) is 21.1. The fourth-order valence-corrected chi connectivity index (χ4v) is 4.65. The van der Waals surface area contributed by atoms with E-state index in [1.807, 2.05) is 12.1 Å². The zero-order valence-electron chi connectivity index (χ0n) is 16.8. The second-order valence-electron chi connectivity index (χ2n) is 6.90. The molecule has 2 amide bonds. The number of ether oxygens (including phenoxy) is 2. The average Bonchev–Trinajstić information content (AvgIpc) is 3.37. The van der Waals surface area contributed by atoms with E-state index >= 15 is 0 Å². The summed E-state index contributed by atoms with van der Waals surface area (Å²) in [5.41, 5.74) is 1.30. The molecule has 3 aromatic rings. The lowest BCUT2D eigenvalue weighted by Crippen LogP contribution is -2.43. The van der Waals surface area contributed by atoms with Gasteiger partial charge >= 0.3 is 0 Å². The van der Waals surface area contributed by atoms with Gasteiger partial charge in [0.1, 0.15) is 21.5 Å². The predicted molar refractivity (Wildman–Crippen MR) is 112 cm³/mol. The molecule has 3 aromatic heterocycles. The number of methoxy groups -OCH3 is 1. The van der Waals surface area contributed by atoms with Crippen molar-refractivity contribution in [2.75, 3.05) is 40.0 Å². The van der Waals surface area contributed by atoms with Gasteiger partial charge in [-0.25, -0.2) is 4.98 Å². The number of nitrogens with zero attached hydrogens (tertiary/aromatic N) is 4. The quantitative estimate of drug-likeness (QED) is 0.598. The summed E-state index contributed by atoms with van der Waals surface area (Å²) >= 11 is 1.33. The maximum atomic E-state index is 13.0. The Balaban J connectivity index is 1.64. The molecule has 1 saturated heterocycles. The van der Waals surface area contributed by atoms with Crippen molar-refractivity contribution in [3.8, 4) is 0 Å². The molecule has 30 heavy (non-hydrogen) atoms. The number of aryl methyl sites for hydroxylation is 1. The molecular formula is C20H23N5O4S. The van der Waals surface area contributed by atoms with E-state index in [9.17, 15) is 9.59 Å². The molecule has 0 saturated carbocycles. The molecule has 0 radical (unpaired) electrons. The molecular weight excluding hydrogens is 406 g/mol. The van der Waals surface area contributed by atoms with Crippen LogP contribution in [0, 0.1) is 0 Å². The lowest BCUT2D eigenvalue weighted by atomic mass is 10.0. The van der Waals surface area contributed by atoms with Gasteiger partial charge in [0, 0.05) is 50.6 Å². The van der Waals surface area contributed by atoms with E-state index in [0.717, 1.165) is 15.8 Å². The topological polar surface area (TPSA) is 98.6 Å². The summed E-state index contributed by atoms with van der Waals surface area (Å²) in [5, 5.41) is 7.83. The number of pyridine rings is 1. The van der Waals surface area contributed by atoms with Crippen molar-refractivity contribution >= 4 is 33.4 Å². The summed E-state index contributed by atoms with van der Waals surface area (Å²) < 4.78 is 12.6. The van der Waals surface area contributed by atoms with Crippen molar-refractivity contribution < 1.29 is 19.1 Å². The minimum absolute atomic E-state index is 0.105. The van der Waals surface area contributed by atoms with Crippen molar-refractivity contribution in [2.45, 2.75) is 6.10 Å². The van der Waals surface area contributed by atoms with Crippen molar-refractivity contribution in [1.82, 2.24) is 25.0 Å². The predicted octanol–water partition coefficient (Wildman–Crippen LogP) is 1.62. The largest absolute Gasteiger partial charge is 0.383 e. The second-order valence-corrected chi connectivity index (χ2v) is 7.90. The lowest BCUT2D eigenvalue weighted by Gasteiger charge is -2.33. The Morgan fingerprint density at radius 3 is 3.00 bits per heavy atom. The molecule has 1 aliphatic rings. The first kappa shape index (κ1) is 20.5. The van der Waals surface area contributed by atoms with Crippen molar-refractivity contribution in [3.63, 3.8) is 0 Å². The molecule has 0 bridgehead atoms. The number of carbonyl (C=O) groups is 2. The summed E-state index contributed by atoms with van der Waals surface area (Å²) in [6.07, 6.45) is 2.89. The van der Waals surface area contributed by atoms with E-state index in [0.29, 0.717) is 43.4 Å². The molecule has 0 spiro atoms. The van der Waals surface area contributed by atoms with Gasteiger partial charge in [-0.2, -0.15) is 5.10 Å². The van der Waals surface area contributed by atoms with E-state index in [1.54, 1.807) is 42.2 Å². The van der Waals surface area contributed by atoms with Crippen LogP contribution in [0.2, 0.25) is 0 Å². The van der Waals surface area contributed by atoms with Gasteiger partial charge in [-0.15, -0.1) is 11.3 Å². The normalized spacial score (nSPS) is 16.7. The Hall–Kier alpha value is -2.82. The van der Waals surface area contributed by atoms with Gasteiger partial charge in [-0.05, 0) is 12.1 Å². The maximum Gasteiger partial charge on any atom is 0.272 e. The highest BCUT2D eigenvalue weighted by molar-refractivity contribution is 7.20. The fourth-order valence-electron chi connectivity index (χ4n) is 3.54. The highest BCUT2D eigenvalue weighted by Crippen LogP contribution is 2.37. The average molecular weight is 430 g/mol. The van der Waals surface area contributed by atoms with E-state index in [-0.39, 0.29) is 11.8 Å². The Kier molecular flexibility index (Phi) is 6.07. The van der Waals surface area contributed by atoms with Gasteiger partial charge in [0.05, 0.1) is 19.8 Å². The third kappa shape index (κ3) is 3.93. The van der Waals surface area contributed by atoms with Gasteiger partial charge in [0.15, 0.2) is 0 Å². The van der Waals surface area contributed by atoms with Crippen LogP contribution in [0.3, 0.4) is 0 Å². The highest BCUT2D eigenvalue weighted by atomic mass is 32.1. The number of morpholine rings is 1. The Morgan fingerprint density at radius 2 is 2.23 bits per heavy atom. The summed E-state index contributed by atoms with van der Waals surface area (Å²) in [5.74, 6) is -0.296. The molecule has 0 aliphatic carbocycles. The molecule has 0 aromatic carbocycles. The Morgan fingerprint density at radius 1 is 1.37 bits per heavy atom. The second kappa shape index (κ2) is 8.90. The van der Waals surface area contributed by atoms with E-state index in [4.69, 9.17) is 9.47 Å². The van der Waals surface area contributed by atoms with Gasteiger partial charge in [-0.3, -0.25) is 14.3 Å². The minimum atomic E-state index is -0.419. The maximum absolute atomic E-state index is 13.0. The minimum Gasteiger partial charge on any atom is -0.383 e. The number of thiophene rings is 1. The highest BCUT2D eigenvalue weighted by Gasteiger charge is 2.32. The van der Waals surface area contributed by atoms with Crippen molar-refractivity contribution in [2.24, 2.45) is 7.05 Å². The van der Waals surface area contributed by atoms with Crippen LogP contribution < -0.4 is 5.32 Å². The lowest BCUT2D eigenvalue weighted by molar-refractivity contribution is -0.0226. The number of fused-ring (bicyclic) bond motifs is 1. The number of carbonyl (C=O) groups excluding carboxylic acids is 2. The molecule has 0 unspecified atom stereocenters. The van der Waals surface area contributed by atoms with Crippen LogP contribution in [0.1, 0.15) is 31.8 Å². The molecule has 158 valence electrons. The monoisotopic (exact) mass is 429 g/mol. The Labute approximate surface area is 177 Å². The van der Waals surface area contributed by atoms with Crippen LogP contribution in [-0.2, 0) is 16.5 Å². The summed E-state index contributed by atoms with van der Waals surface area (Å²) in [6.45, 7) is 2.06. The first-order valence-electron chi connectivity index (χ1n) is 9.63. The molecule has 1 aliphatic heterocycles. The van der Waals surface area contributed by atoms with E-state index < -0.39 is 6.10 Å². The summed E-state index contributed by atoms with van der Waals surface area (Å²) in [7, 11) is 3.33.